The third kappa shape index (κ3) is 2.64. The number of benzene rings is 3. The fourth-order valence-electron chi connectivity index (χ4n) is 3.30. The highest BCUT2D eigenvalue weighted by atomic mass is 16.2. The van der Waals surface area contributed by atoms with Crippen molar-refractivity contribution in [1.82, 2.24) is 4.90 Å². The van der Waals surface area contributed by atoms with E-state index < -0.39 is 0 Å². The average molecular weight is 327 g/mol. The zero-order chi connectivity index (χ0) is 17.4. The second-order valence-electron chi connectivity index (χ2n) is 6.21. The molecule has 0 radical (unpaired) electrons. The van der Waals surface area contributed by atoms with Gasteiger partial charge in [0.2, 0.25) is 0 Å². The number of fused-ring (bicyclic) bond motifs is 2. The summed E-state index contributed by atoms with van der Waals surface area (Å²) < 4.78 is 0. The van der Waals surface area contributed by atoms with Crippen molar-refractivity contribution in [1.29, 1.82) is 0 Å². The Bertz CT molecular complexity index is 965. The van der Waals surface area contributed by atoms with Crippen molar-refractivity contribution in [3.8, 4) is 0 Å². The maximum Gasteiger partial charge on any atom is 0.261 e. The van der Waals surface area contributed by atoms with Gasteiger partial charge in [-0.25, -0.2) is 0 Å². The lowest BCUT2D eigenvalue weighted by molar-refractivity contribution is 0.0656. The van der Waals surface area contributed by atoms with E-state index in [1.807, 2.05) is 60.7 Å². The molecule has 0 saturated heterocycles. The van der Waals surface area contributed by atoms with Crippen molar-refractivity contribution < 1.29 is 9.59 Å². The summed E-state index contributed by atoms with van der Waals surface area (Å²) in [5, 5.41) is 1.95. The Morgan fingerprint density at radius 2 is 1.48 bits per heavy atom. The summed E-state index contributed by atoms with van der Waals surface area (Å²) in [5.74, 6) is -0.406. The Labute approximate surface area is 146 Å². The van der Waals surface area contributed by atoms with Crippen LogP contribution in [0.15, 0.2) is 67.2 Å². The molecule has 1 aliphatic heterocycles. The number of imide groups is 1. The Morgan fingerprint density at radius 1 is 0.840 bits per heavy atom. The summed E-state index contributed by atoms with van der Waals surface area (Å²) in [7, 11) is 0. The van der Waals surface area contributed by atoms with E-state index in [-0.39, 0.29) is 11.8 Å². The molecule has 3 aromatic rings. The van der Waals surface area contributed by atoms with E-state index in [2.05, 4.69) is 6.58 Å². The summed E-state index contributed by atoms with van der Waals surface area (Å²) in [4.78, 5) is 26.7. The maximum absolute atomic E-state index is 12.7. The topological polar surface area (TPSA) is 37.4 Å². The Kier molecular flexibility index (Phi) is 3.69. The molecule has 0 atom stereocenters. The summed E-state index contributed by atoms with van der Waals surface area (Å²) in [6, 6.07) is 19.4. The van der Waals surface area contributed by atoms with Gasteiger partial charge in [-0.15, -0.1) is 0 Å². The van der Waals surface area contributed by atoms with Gasteiger partial charge in [-0.2, -0.15) is 0 Å². The first-order valence-corrected chi connectivity index (χ1v) is 8.28. The molecule has 1 aliphatic rings. The molecule has 0 saturated carbocycles. The van der Waals surface area contributed by atoms with Gasteiger partial charge in [0, 0.05) is 6.54 Å². The van der Waals surface area contributed by atoms with E-state index in [1.165, 1.54) is 4.90 Å². The molecular formula is C22H17NO2. The van der Waals surface area contributed by atoms with Crippen molar-refractivity contribution in [2.45, 2.75) is 6.42 Å². The second kappa shape index (κ2) is 6.02. The lowest BCUT2D eigenvalue weighted by Gasteiger charge is -2.13. The molecular weight excluding hydrogens is 310 g/mol. The van der Waals surface area contributed by atoms with Crippen LogP contribution in [0.25, 0.3) is 16.8 Å². The zero-order valence-electron chi connectivity index (χ0n) is 13.7. The average Bonchev–Trinajstić information content (AvgIpc) is 2.88. The summed E-state index contributed by atoms with van der Waals surface area (Å²) >= 11 is 0. The molecule has 3 heteroatoms. The predicted molar refractivity (Wildman–Crippen MR) is 99.6 cm³/mol. The number of hydrogen-bond donors (Lipinski definition) is 0. The molecule has 2 amide bonds. The van der Waals surface area contributed by atoms with Crippen LogP contribution >= 0.6 is 0 Å². The Balaban J connectivity index is 1.61. The standard InChI is InChI=1S/C22H17NO2/c1-2-15-6-5-7-16(12-15)10-11-23-21(24)19-13-17-8-3-4-9-18(17)14-20(19)22(23)25/h2-9,12-14H,1,10-11H2. The first-order valence-electron chi connectivity index (χ1n) is 8.28. The van der Waals surface area contributed by atoms with Crippen LogP contribution in [0.1, 0.15) is 31.8 Å². The molecule has 3 aromatic carbocycles. The molecule has 122 valence electrons. The first-order chi connectivity index (χ1) is 12.2. The van der Waals surface area contributed by atoms with Crippen LogP contribution in [0.4, 0.5) is 0 Å². The van der Waals surface area contributed by atoms with Gasteiger partial charge in [-0.1, -0.05) is 61.2 Å². The highest BCUT2D eigenvalue weighted by molar-refractivity contribution is 6.23. The number of carbonyl (C=O) groups excluding carboxylic acids is 2. The lowest BCUT2D eigenvalue weighted by Crippen LogP contribution is -2.31. The molecule has 0 fully saturated rings. The molecule has 0 spiro atoms. The van der Waals surface area contributed by atoms with Crippen molar-refractivity contribution in [3.63, 3.8) is 0 Å². The molecule has 1 heterocycles. The van der Waals surface area contributed by atoms with E-state index >= 15 is 0 Å². The van der Waals surface area contributed by atoms with E-state index in [0.29, 0.717) is 24.1 Å². The van der Waals surface area contributed by atoms with Gasteiger partial charge in [0.05, 0.1) is 11.1 Å². The first kappa shape index (κ1) is 15.3. The van der Waals surface area contributed by atoms with Gasteiger partial charge in [-0.05, 0) is 40.5 Å². The normalized spacial score (nSPS) is 13.4. The smallest absolute Gasteiger partial charge is 0.261 e. The summed E-state index contributed by atoms with van der Waals surface area (Å²) in [5.41, 5.74) is 3.12. The molecule has 0 N–H and O–H groups in total. The summed E-state index contributed by atoms with van der Waals surface area (Å²) in [6.07, 6.45) is 2.42. The molecule has 25 heavy (non-hydrogen) atoms. The van der Waals surface area contributed by atoms with Crippen molar-refractivity contribution in [2.24, 2.45) is 0 Å². The highest BCUT2D eigenvalue weighted by Gasteiger charge is 2.35. The fourth-order valence-corrected chi connectivity index (χ4v) is 3.30. The van der Waals surface area contributed by atoms with Crippen LogP contribution in [0.2, 0.25) is 0 Å². The van der Waals surface area contributed by atoms with Gasteiger partial charge in [0.1, 0.15) is 0 Å². The number of amides is 2. The van der Waals surface area contributed by atoms with Crippen molar-refractivity contribution in [3.05, 3.63) is 89.5 Å². The van der Waals surface area contributed by atoms with Gasteiger partial charge >= 0.3 is 0 Å². The molecule has 4 rings (SSSR count). The number of nitrogens with zero attached hydrogens (tertiary/aromatic N) is 1. The van der Waals surface area contributed by atoms with Gasteiger partial charge in [0.15, 0.2) is 0 Å². The highest BCUT2D eigenvalue weighted by Crippen LogP contribution is 2.28. The minimum Gasteiger partial charge on any atom is -0.274 e. The molecule has 3 nitrogen and oxygen atoms in total. The third-order valence-corrected chi connectivity index (χ3v) is 4.65. The van der Waals surface area contributed by atoms with Crippen LogP contribution in [-0.2, 0) is 6.42 Å². The largest absolute Gasteiger partial charge is 0.274 e. The van der Waals surface area contributed by atoms with Crippen molar-refractivity contribution in [2.75, 3.05) is 6.54 Å². The van der Waals surface area contributed by atoms with Crippen LogP contribution in [0.5, 0.6) is 0 Å². The van der Waals surface area contributed by atoms with E-state index in [9.17, 15) is 9.59 Å². The minimum atomic E-state index is -0.203. The fraction of sp³-hybridized carbons (Fsp3) is 0.0909. The number of rotatable bonds is 4. The lowest BCUT2D eigenvalue weighted by atomic mass is 10.0. The van der Waals surface area contributed by atoms with E-state index in [4.69, 9.17) is 0 Å². The van der Waals surface area contributed by atoms with Crippen molar-refractivity contribution >= 4 is 28.7 Å². The Hall–Kier alpha value is -3.20. The molecule has 0 aromatic heterocycles. The Morgan fingerprint density at radius 3 is 2.08 bits per heavy atom. The second-order valence-corrected chi connectivity index (χ2v) is 6.21. The maximum atomic E-state index is 12.7. The quantitative estimate of drug-likeness (QED) is 0.669. The molecule has 0 bridgehead atoms. The molecule has 0 aliphatic carbocycles. The van der Waals surface area contributed by atoms with E-state index in [0.717, 1.165) is 21.9 Å². The van der Waals surface area contributed by atoms with Crippen LogP contribution in [0.3, 0.4) is 0 Å². The summed E-state index contributed by atoms with van der Waals surface area (Å²) in [6.45, 7) is 4.15. The monoisotopic (exact) mass is 327 g/mol. The van der Waals surface area contributed by atoms with Gasteiger partial charge in [0.25, 0.3) is 11.8 Å². The SMILES string of the molecule is C=Cc1cccc(CCN2C(=O)c3cc4ccccc4cc3C2=O)c1. The molecule has 0 unspecified atom stereocenters. The third-order valence-electron chi connectivity index (χ3n) is 4.65. The predicted octanol–water partition coefficient (Wildman–Crippen LogP) is 4.32. The number of hydrogen-bond acceptors (Lipinski definition) is 2. The van der Waals surface area contributed by atoms with Crippen LogP contribution in [0, 0.1) is 0 Å². The zero-order valence-corrected chi connectivity index (χ0v) is 13.7. The van der Waals surface area contributed by atoms with Gasteiger partial charge < -0.3 is 0 Å². The van der Waals surface area contributed by atoms with E-state index in [1.54, 1.807) is 6.08 Å². The minimum absolute atomic E-state index is 0.203. The van der Waals surface area contributed by atoms with Crippen LogP contribution < -0.4 is 0 Å². The van der Waals surface area contributed by atoms with Gasteiger partial charge in [-0.3, -0.25) is 14.5 Å². The number of carbonyl (C=O) groups is 2. The van der Waals surface area contributed by atoms with Crippen LogP contribution in [-0.4, -0.2) is 23.3 Å².